The number of rotatable bonds is 11. The fourth-order valence-corrected chi connectivity index (χ4v) is 6.71. The number of para-hydroxylation sites is 1. The lowest BCUT2D eigenvalue weighted by Crippen LogP contribution is -2.32. The number of benzene rings is 4. The summed E-state index contributed by atoms with van der Waals surface area (Å²) in [6.45, 7) is 1.06. The van der Waals surface area contributed by atoms with E-state index in [2.05, 4.69) is 22.3 Å². The van der Waals surface area contributed by atoms with Crippen molar-refractivity contribution in [3.05, 3.63) is 147 Å². The minimum Gasteiger partial charge on any atom is -0.333 e. The normalized spacial score (nSPS) is 11.0. The number of carbonyl (C=O) groups is 1. The molecular formula is C34H27ClFN5OS2. The Morgan fingerprint density at radius 2 is 1.55 bits per heavy atom. The van der Waals surface area contributed by atoms with E-state index in [1.807, 2.05) is 71.6 Å². The number of thiazole rings is 1. The average molecular weight is 640 g/mol. The van der Waals surface area contributed by atoms with Crippen LogP contribution in [0.1, 0.15) is 26.6 Å². The molecule has 0 N–H and O–H groups in total. The second kappa shape index (κ2) is 14.0. The van der Waals surface area contributed by atoms with Gasteiger partial charge < -0.3 is 4.90 Å². The van der Waals surface area contributed by atoms with Gasteiger partial charge in [-0.25, -0.2) is 9.37 Å². The maximum atomic E-state index is 15.0. The molecule has 4 aromatic carbocycles. The first-order valence-corrected chi connectivity index (χ1v) is 16.2. The maximum absolute atomic E-state index is 15.0. The van der Waals surface area contributed by atoms with E-state index in [-0.39, 0.29) is 5.91 Å². The smallest absolute Gasteiger partial charge is 0.273 e. The van der Waals surface area contributed by atoms with Crippen molar-refractivity contribution in [2.24, 2.45) is 0 Å². The summed E-state index contributed by atoms with van der Waals surface area (Å²) in [4.78, 5) is 20.3. The van der Waals surface area contributed by atoms with Crippen molar-refractivity contribution in [2.75, 3.05) is 6.54 Å². The van der Waals surface area contributed by atoms with Crippen LogP contribution in [0.5, 0.6) is 0 Å². The van der Waals surface area contributed by atoms with Crippen LogP contribution in [0.2, 0.25) is 5.02 Å². The molecule has 0 radical (unpaired) electrons. The van der Waals surface area contributed by atoms with Gasteiger partial charge in [-0.1, -0.05) is 108 Å². The molecule has 0 aliphatic heterocycles. The molecule has 0 aliphatic carbocycles. The molecule has 10 heteroatoms. The molecule has 220 valence electrons. The molecule has 0 aliphatic rings. The van der Waals surface area contributed by atoms with E-state index in [1.54, 1.807) is 34.2 Å². The largest absolute Gasteiger partial charge is 0.333 e. The standard InChI is InChI=1S/C34H27ClFN5OS2/c35-27-16-8-7-15-26(27)32-38-39-34(41(32)30-18-10-9-17-28(30)36)44-23-31-37-29(22-43-31)33(42)40(21-25-13-5-2-6-14-25)20-19-24-11-3-1-4-12-24/h1-18,22H,19-21,23H2. The molecular weight excluding hydrogens is 613 g/mol. The second-order valence-corrected chi connectivity index (χ2v) is 12.2. The summed E-state index contributed by atoms with van der Waals surface area (Å²) in [6, 6.07) is 33.9. The Bertz CT molecular complexity index is 1860. The van der Waals surface area contributed by atoms with E-state index in [1.165, 1.54) is 34.7 Å². The Hall–Kier alpha value is -4.31. The third kappa shape index (κ3) is 6.91. The van der Waals surface area contributed by atoms with Crippen LogP contribution in [-0.4, -0.2) is 37.1 Å². The van der Waals surface area contributed by atoms with Crippen LogP contribution in [0.3, 0.4) is 0 Å². The van der Waals surface area contributed by atoms with Gasteiger partial charge >= 0.3 is 0 Å². The lowest BCUT2D eigenvalue weighted by atomic mass is 10.1. The van der Waals surface area contributed by atoms with Crippen LogP contribution in [-0.2, 0) is 18.7 Å². The first kappa shape index (κ1) is 29.7. The molecule has 0 unspecified atom stereocenters. The summed E-state index contributed by atoms with van der Waals surface area (Å²) in [5.41, 5.74) is 3.60. The van der Waals surface area contributed by atoms with E-state index >= 15 is 4.39 Å². The number of amides is 1. The minimum absolute atomic E-state index is 0.118. The maximum Gasteiger partial charge on any atom is 0.273 e. The van der Waals surface area contributed by atoms with Crippen molar-refractivity contribution in [3.8, 4) is 17.1 Å². The van der Waals surface area contributed by atoms with Crippen LogP contribution in [0.15, 0.2) is 120 Å². The van der Waals surface area contributed by atoms with Crippen LogP contribution in [0.4, 0.5) is 4.39 Å². The molecule has 6 rings (SSSR count). The number of nitrogens with zero attached hydrogens (tertiary/aromatic N) is 5. The summed E-state index contributed by atoms with van der Waals surface area (Å²) in [7, 11) is 0. The van der Waals surface area contributed by atoms with E-state index in [0.717, 1.165) is 17.0 Å². The third-order valence-electron chi connectivity index (χ3n) is 6.95. The SMILES string of the molecule is O=C(c1csc(CSc2nnc(-c3ccccc3Cl)n2-c2ccccc2F)n1)N(CCc1ccccc1)Cc1ccccc1. The Balaban J connectivity index is 1.22. The van der Waals surface area contributed by atoms with Gasteiger partial charge in [0.15, 0.2) is 11.0 Å². The van der Waals surface area contributed by atoms with Gasteiger partial charge in [0.05, 0.1) is 16.5 Å². The average Bonchev–Trinajstić information content (AvgIpc) is 3.71. The van der Waals surface area contributed by atoms with Gasteiger partial charge in [-0.15, -0.1) is 21.5 Å². The molecule has 6 nitrogen and oxygen atoms in total. The molecule has 0 saturated heterocycles. The number of carbonyl (C=O) groups excluding carboxylic acids is 1. The highest BCUT2D eigenvalue weighted by Crippen LogP contribution is 2.34. The van der Waals surface area contributed by atoms with E-state index in [0.29, 0.717) is 51.8 Å². The Labute approximate surface area is 268 Å². The summed E-state index contributed by atoms with van der Waals surface area (Å²) in [5.74, 6) is 0.343. The molecule has 1 amide bonds. The number of halogens is 2. The van der Waals surface area contributed by atoms with E-state index in [4.69, 9.17) is 16.6 Å². The van der Waals surface area contributed by atoms with Crippen molar-refractivity contribution >= 4 is 40.6 Å². The van der Waals surface area contributed by atoms with Crippen molar-refractivity contribution in [1.29, 1.82) is 0 Å². The molecule has 2 heterocycles. The van der Waals surface area contributed by atoms with Gasteiger partial charge in [-0.2, -0.15) is 0 Å². The Kier molecular flexibility index (Phi) is 9.45. The van der Waals surface area contributed by atoms with Crippen molar-refractivity contribution < 1.29 is 9.18 Å². The molecule has 6 aromatic rings. The van der Waals surface area contributed by atoms with Gasteiger partial charge in [0.25, 0.3) is 5.91 Å². The molecule has 0 spiro atoms. The number of hydrogen-bond acceptors (Lipinski definition) is 6. The molecule has 0 bridgehead atoms. The Morgan fingerprint density at radius 1 is 0.864 bits per heavy atom. The van der Waals surface area contributed by atoms with E-state index in [9.17, 15) is 4.79 Å². The lowest BCUT2D eigenvalue weighted by Gasteiger charge is -2.22. The number of hydrogen-bond donors (Lipinski definition) is 0. The zero-order chi connectivity index (χ0) is 30.3. The van der Waals surface area contributed by atoms with Crippen LogP contribution in [0, 0.1) is 5.82 Å². The first-order valence-electron chi connectivity index (χ1n) is 14.0. The zero-order valence-corrected chi connectivity index (χ0v) is 25.9. The summed E-state index contributed by atoms with van der Waals surface area (Å²) in [5, 5.41) is 12.3. The zero-order valence-electron chi connectivity index (χ0n) is 23.5. The fraction of sp³-hybridized carbons (Fsp3) is 0.118. The monoisotopic (exact) mass is 639 g/mol. The molecule has 44 heavy (non-hydrogen) atoms. The van der Waals surface area contributed by atoms with Gasteiger partial charge in [0.1, 0.15) is 16.5 Å². The molecule has 2 aromatic heterocycles. The summed E-state index contributed by atoms with van der Waals surface area (Å²) in [6.07, 6.45) is 0.742. The molecule has 0 fully saturated rings. The van der Waals surface area contributed by atoms with Crippen LogP contribution >= 0.6 is 34.7 Å². The van der Waals surface area contributed by atoms with Gasteiger partial charge in [0, 0.05) is 24.0 Å². The predicted octanol–water partition coefficient (Wildman–Crippen LogP) is 8.36. The molecule has 0 atom stereocenters. The highest BCUT2D eigenvalue weighted by atomic mass is 35.5. The first-order chi connectivity index (χ1) is 21.6. The van der Waals surface area contributed by atoms with Crippen molar-refractivity contribution in [3.63, 3.8) is 0 Å². The second-order valence-electron chi connectivity index (χ2n) is 9.94. The quantitative estimate of drug-likeness (QED) is 0.133. The van der Waals surface area contributed by atoms with Gasteiger partial charge in [-0.05, 0) is 41.8 Å². The van der Waals surface area contributed by atoms with Crippen LogP contribution < -0.4 is 0 Å². The third-order valence-corrected chi connectivity index (χ3v) is 9.26. The minimum atomic E-state index is -0.404. The number of aromatic nitrogens is 4. The summed E-state index contributed by atoms with van der Waals surface area (Å²) < 4.78 is 16.7. The number of thioether (sulfide) groups is 1. The lowest BCUT2D eigenvalue weighted by molar-refractivity contribution is 0.0740. The molecule has 0 saturated carbocycles. The van der Waals surface area contributed by atoms with E-state index < -0.39 is 5.82 Å². The summed E-state index contributed by atoms with van der Waals surface area (Å²) >= 11 is 9.27. The Morgan fingerprint density at radius 3 is 2.30 bits per heavy atom. The van der Waals surface area contributed by atoms with Crippen LogP contribution in [0.25, 0.3) is 17.1 Å². The van der Waals surface area contributed by atoms with Crippen molar-refractivity contribution in [1.82, 2.24) is 24.6 Å². The highest BCUT2D eigenvalue weighted by Gasteiger charge is 2.22. The fourth-order valence-electron chi connectivity index (χ4n) is 4.76. The van der Waals surface area contributed by atoms with Crippen molar-refractivity contribution in [2.45, 2.75) is 23.9 Å². The predicted molar refractivity (Wildman–Crippen MR) is 175 cm³/mol. The highest BCUT2D eigenvalue weighted by molar-refractivity contribution is 7.98. The van der Waals surface area contributed by atoms with Gasteiger partial charge in [-0.3, -0.25) is 9.36 Å². The topological polar surface area (TPSA) is 63.9 Å². The van der Waals surface area contributed by atoms with Gasteiger partial charge in [0.2, 0.25) is 0 Å².